The van der Waals surface area contributed by atoms with Gasteiger partial charge >= 0.3 is 4.35 Å². The van der Waals surface area contributed by atoms with Crippen molar-refractivity contribution in [1.29, 1.82) is 0 Å². The summed E-state index contributed by atoms with van der Waals surface area (Å²) in [5.74, 6) is 0. The van der Waals surface area contributed by atoms with Gasteiger partial charge in [-0.1, -0.05) is 0 Å². The van der Waals surface area contributed by atoms with E-state index in [1.54, 1.807) is 0 Å². The molecular weight excluding hydrogens is 209 g/mol. The molecular formula is BBr2F2-. The van der Waals surface area contributed by atoms with Crippen LogP contribution in [-0.2, 0) is 0 Å². The summed E-state index contributed by atoms with van der Waals surface area (Å²) in [7, 11) is 0. The molecule has 0 saturated carbocycles. The SMILES string of the molecule is F[B-](F)(Br)Br. The van der Waals surface area contributed by atoms with Crippen LogP contribution in [0.4, 0.5) is 8.63 Å². The second kappa shape index (κ2) is 1.56. The van der Waals surface area contributed by atoms with Crippen molar-refractivity contribution in [3.8, 4) is 0 Å². The van der Waals surface area contributed by atoms with E-state index in [1.165, 1.54) is 0 Å². The Morgan fingerprint density at radius 2 is 1.20 bits per heavy atom. The average molecular weight is 209 g/mol. The number of hydrogen-bond donors (Lipinski definition) is 0. The molecule has 0 amide bonds. The van der Waals surface area contributed by atoms with Crippen LogP contribution in [0, 0.1) is 0 Å². The zero-order chi connectivity index (χ0) is 4.50. The maximum absolute atomic E-state index is 10.9. The molecule has 0 fully saturated rings. The first kappa shape index (κ1) is 5.88. The van der Waals surface area contributed by atoms with Crippen LogP contribution in [0.1, 0.15) is 0 Å². The van der Waals surface area contributed by atoms with Gasteiger partial charge in [0.2, 0.25) is 0 Å². The smallest absolute Gasteiger partial charge is 0.436 e. The first-order valence-corrected chi connectivity index (χ1v) is 2.70. The molecule has 0 nitrogen and oxygen atoms in total. The molecule has 0 rings (SSSR count). The van der Waals surface area contributed by atoms with Gasteiger partial charge in [0.25, 0.3) is 0 Å². The fourth-order valence-corrected chi connectivity index (χ4v) is 0. The van der Waals surface area contributed by atoms with Gasteiger partial charge in [-0.2, -0.15) is 0 Å². The summed E-state index contributed by atoms with van der Waals surface area (Å²) in [6.07, 6.45) is 0. The highest BCUT2D eigenvalue weighted by Crippen LogP contribution is 2.21. The Hall–Kier alpha value is 0.885. The van der Waals surface area contributed by atoms with Gasteiger partial charge in [0.1, 0.15) is 0 Å². The van der Waals surface area contributed by atoms with E-state index in [1.807, 2.05) is 31.5 Å². The third-order valence-corrected chi connectivity index (χ3v) is 0. The lowest BCUT2D eigenvalue weighted by Crippen LogP contribution is -1.94. The van der Waals surface area contributed by atoms with Crippen LogP contribution in [0.5, 0.6) is 0 Å². The topological polar surface area (TPSA) is 0 Å². The van der Waals surface area contributed by atoms with E-state index in [2.05, 4.69) is 0 Å². The Kier molecular flexibility index (Phi) is 1.83. The summed E-state index contributed by atoms with van der Waals surface area (Å²) in [5, 5.41) is 0. The molecule has 5 heteroatoms. The van der Waals surface area contributed by atoms with Gasteiger partial charge in [-0.15, -0.1) is 0 Å². The van der Waals surface area contributed by atoms with E-state index in [-0.39, 0.29) is 0 Å². The normalized spacial score (nSPS) is 12.0. The van der Waals surface area contributed by atoms with Crippen molar-refractivity contribution in [2.24, 2.45) is 0 Å². The Bertz CT molecular complexity index is 23.1. The molecule has 32 valence electrons. The van der Waals surface area contributed by atoms with Gasteiger partial charge in [0, 0.05) is 0 Å². The van der Waals surface area contributed by atoms with E-state index in [4.69, 9.17) is 0 Å². The van der Waals surface area contributed by atoms with Crippen LogP contribution in [0.3, 0.4) is 0 Å². The number of hydrogen-bond acceptors (Lipinski definition) is 0. The molecule has 0 aromatic carbocycles. The van der Waals surface area contributed by atoms with E-state index >= 15 is 0 Å². The van der Waals surface area contributed by atoms with Crippen LogP contribution >= 0.6 is 31.5 Å². The van der Waals surface area contributed by atoms with Gasteiger partial charge in [-0.05, 0) is 0 Å². The quantitative estimate of drug-likeness (QED) is 0.535. The third-order valence-electron chi connectivity index (χ3n) is 0. The van der Waals surface area contributed by atoms with Crippen molar-refractivity contribution >= 4 is 35.9 Å². The highest BCUT2D eigenvalue weighted by Gasteiger charge is 2.08. The largest absolute Gasteiger partial charge is 0.458 e. The fourth-order valence-electron chi connectivity index (χ4n) is 0. The summed E-state index contributed by atoms with van der Waals surface area (Å²) in [6.45, 7) is 0. The molecule has 0 saturated heterocycles. The van der Waals surface area contributed by atoms with Crippen molar-refractivity contribution in [2.75, 3.05) is 0 Å². The van der Waals surface area contributed by atoms with Gasteiger partial charge < -0.3 is 8.63 Å². The summed E-state index contributed by atoms with van der Waals surface area (Å²) in [5.41, 5.74) is 0. The summed E-state index contributed by atoms with van der Waals surface area (Å²) in [4.78, 5) is 0. The standard InChI is InChI=1S/BBr2F2/c2-1(3,4)5/q-1. The van der Waals surface area contributed by atoms with Crippen molar-refractivity contribution < 1.29 is 8.63 Å². The maximum atomic E-state index is 10.9. The molecule has 0 atom stereocenters. The van der Waals surface area contributed by atoms with E-state index in [0.717, 1.165) is 0 Å². The number of rotatable bonds is 0. The predicted molar refractivity (Wildman–Crippen MR) is 25.8 cm³/mol. The molecule has 0 unspecified atom stereocenters. The van der Waals surface area contributed by atoms with E-state index in [9.17, 15) is 8.63 Å². The lowest BCUT2D eigenvalue weighted by atomic mass is 10.5. The summed E-state index contributed by atoms with van der Waals surface area (Å²) < 4.78 is 18.5. The van der Waals surface area contributed by atoms with Crippen molar-refractivity contribution in [3.05, 3.63) is 0 Å². The van der Waals surface area contributed by atoms with Gasteiger partial charge in [0.05, 0.1) is 0 Å². The molecule has 0 spiro atoms. The first-order valence-electron chi connectivity index (χ1n) is 0.873. The predicted octanol–water partition coefficient (Wildman–Crippen LogP) is 2.15. The molecule has 0 N–H and O–H groups in total. The molecule has 0 aromatic rings. The van der Waals surface area contributed by atoms with Crippen LogP contribution < -0.4 is 0 Å². The molecule has 0 aliphatic carbocycles. The maximum Gasteiger partial charge on any atom is 0.436 e. The molecule has 5 heavy (non-hydrogen) atoms. The molecule has 0 aromatic heterocycles. The minimum atomic E-state index is -3.38. The fraction of sp³-hybridized carbons (Fsp3) is 0. The highest BCUT2D eigenvalue weighted by molar-refractivity contribution is 9.50. The lowest BCUT2D eigenvalue weighted by molar-refractivity contribution is 0.694. The average Bonchev–Trinajstić information content (AvgIpc) is 0.722. The molecule has 0 radical (unpaired) electrons. The van der Waals surface area contributed by atoms with Gasteiger partial charge in [-0.25, -0.2) is 0 Å². The Balaban J connectivity index is 3.02. The van der Waals surface area contributed by atoms with Crippen LogP contribution in [0.2, 0.25) is 0 Å². The second-order valence-electron chi connectivity index (χ2n) is 0.495. The Labute approximate surface area is 44.9 Å². The Morgan fingerprint density at radius 1 is 1.20 bits per heavy atom. The van der Waals surface area contributed by atoms with Gasteiger partial charge in [-0.3, -0.25) is 31.5 Å². The van der Waals surface area contributed by atoms with Crippen LogP contribution in [0.25, 0.3) is 0 Å². The molecule has 0 aliphatic heterocycles. The van der Waals surface area contributed by atoms with Crippen molar-refractivity contribution in [2.45, 2.75) is 0 Å². The lowest BCUT2D eigenvalue weighted by Gasteiger charge is -2.00. The molecule has 0 heterocycles. The van der Waals surface area contributed by atoms with Crippen LogP contribution in [0.15, 0.2) is 0 Å². The zero-order valence-electron chi connectivity index (χ0n) is 2.09. The van der Waals surface area contributed by atoms with Crippen LogP contribution in [-0.4, -0.2) is 4.35 Å². The zero-order valence-corrected chi connectivity index (χ0v) is 5.26. The minimum absolute atomic E-state index is 2.02. The molecule has 0 bridgehead atoms. The first-order chi connectivity index (χ1) is 2.00. The van der Waals surface area contributed by atoms with E-state index in [0.29, 0.717) is 0 Å². The summed E-state index contributed by atoms with van der Waals surface area (Å²) >= 11 is 4.04. The van der Waals surface area contributed by atoms with Gasteiger partial charge in [0.15, 0.2) is 0 Å². The summed E-state index contributed by atoms with van der Waals surface area (Å²) in [6, 6.07) is 0. The van der Waals surface area contributed by atoms with Crippen molar-refractivity contribution in [1.82, 2.24) is 0 Å². The van der Waals surface area contributed by atoms with Crippen molar-refractivity contribution in [3.63, 3.8) is 0 Å². The van der Waals surface area contributed by atoms with E-state index < -0.39 is 4.35 Å². The second-order valence-corrected chi connectivity index (χ2v) is 4.02. The molecule has 0 aliphatic rings. The third kappa shape index (κ3) is 51.9. The number of halogens is 4. The monoisotopic (exact) mass is 207 g/mol. The minimum Gasteiger partial charge on any atom is -0.458 e. The highest BCUT2D eigenvalue weighted by atomic mass is 79.9. The Morgan fingerprint density at radius 3 is 1.20 bits per heavy atom.